The zero-order valence-electron chi connectivity index (χ0n) is 13.9. The molecule has 8 heteroatoms. The summed E-state index contributed by atoms with van der Waals surface area (Å²) < 4.78 is 1.37. The molecule has 2 amide bonds. The minimum atomic E-state index is -0.521. The van der Waals surface area contributed by atoms with Crippen LogP contribution in [0, 0.1) is 0 Å². The van der Waals surface area contributed by atoms with E-state index in [1.165, 1.54) is 14.5 Å². The first kappa shape index (κ1) is 17.0. The summed E-state index contributed by atoms with van der Waals surface area (Å²) in [5.74, 6) is -1.29. The Morgan fingerprint density at radius 1 is 1.28 bits per heavy atom. The van der Waals surface area contributed by atoms with Crippen LogP contribution in [0.4, 0.5) is 0 Å². The second-order valence-corrected chi connectivity index (χ2v) is 5.93. The highest BCUT2D eigenvalue weighted by Gasteiger charge is 2.33. The third-order valence-electron chi connectivity index (χ3n) is 4.20. The molecule has 25 heavy (non-hydrogen) atoms. The number of hydrogen-bond acceptors (Lipinski definition) is 5. The van der Waals surface area contributed by atoms with Gasteiger partial charge in [-0.2, -0.15) is 5.10 Å². The Hall–Kier alpha value is -2.87. The molecule has 1 aromatic heterocycles. The number of aromatic nitrogens is 2. The molecule has 0 fully saturated rings. The molecule has 0 atom stereocenters. The highest BCUT2D eigenvalue weighted by molar-refractivity contribution is 6.02. The molecule has 132 valence electrons. The van der Waals surface area contributed by atoms with Crippen molar-refractivity contribution >= 4 is 11.8 Å². The quantitative estimate of drug-likeness (QED) is 0.813. The van der Waals surface area contributed by atoms with Crippen LogP contribution in [0.3, 0.4) is 0 Å². The molecule has 3 rings (SSSR count). The van der Waals surface area contributed by atoms with Crippen molar-refractivity contribution < 1.29 is 19.8 Å². The molecule has 2 N–H and O–H groups in total. The zero-order chi connectivity index (χ0) is 18.0. The van der Waals surface area contributed by atoms with Crippen LogP contribution in [0.5, 0.6) is 5.75 Å². The lowest BCUT2D eigenvalue weighted by molar-refractivity contribution is 0.0696. The maximum Gasteiger partial charge on any atom is 0.278 e. The second-order valence-electron chi connectivity index (χ2n) is 5.93. The topological polar surface area (TPSA) is 98.9 Å². The summed E-state index contributed by atoms with van der Waals surface area (Å²) in [5.41, 5.74) is 0.757. The number of aliphatic hydroxyl groups excluding tert-OH is 1. The number of aliphatic hydroxyl groups is 1. The molecule has 8 nitrogen and oxygen atoms in total. The smallest absolute Gasteiger partial charge is 0.278 e. The first-order valence-electron chi connectivity index (χ1n) is 8.02. The van der Waals surface area contributed by atoms with Crippen molar-refractivity contribution in [3.05, 3.63) is 47.3 Å². The Morgan fingerprint density at radius 3 is 2.68 bits per heavy atom. The van der Waals surface area contributed by atoms with Gasteiger partial charge in [0.1, 0.15) is 0 Å². The highest BCUT2D eigenvalue weighted by atomic mass is 16.3. The largest absolute Gasteiger partial charge is 0.504 e. The molecule has 2 heterocycles. The molecule has 1 aliphatic rings. The highest BCUT2D eigenvalue weighted by Crippen LogP contribution is 2.27. The van der Waals surface area contributed by atoms with Crippen LogP contribution in [0.25, 0.3) is 0 Å². The third-order valence-corrected chi connectivity index (χ3v) is 4.20. The van der Waals surface area contributed by atoms with Gasteiger partial charge in [0, 0.05) is 26.7 Å². The van der Waals surface area contributed by atoms with E-state index in [0.717, 1.165) is 5.56 Å². The number of rotatable bonds is 5. The van der Waals surface area contributed by atoms with E-state index in [0.29, 0.717) is 13.1 Å². The van der Waals surface area contributed by atoms with Crippen LogP contribution >= 0.6 is 0 Å². The number of hydrogen-bond donors (Lipinski definition) is 2. The van der Waals surface area contributed by atoms with E-state index < -0.39 is 11.7 Å². The number of likely N-dealkylation sites (N-methyl/N-ethyl adjacent to an activating group) is 1. The molecule has 0 spiro atoms. The summed E-state index contributed by atoms with van der Waals surface area (Å²) in [6.07, 6.45) is 0. The number of nitrogens with zero attached hydrogens (tertiary/aromatic N) is 4. The molecule has 1 aliphatic heterocycles. The molecule has 0 aliphatic carbocycles. The number of fused-ring (bicyclic) bond motifs is 1. The van der Waals surface area contributed by atoms with E-state index in [1.807, 2.05) is 30.3 Å². The number of aromatic hydroxyl groups is 1. The van der Waals surface area contributed by atoms with E-state index >= 15 is 0 Å². The Morgan fingerprint density at radius 2 is 2.00 bits per heavy atom. The standard InChI is InChI=1S/C17H20N4O4/c1-19-7-8-21-14(17(19)25)15(23)13(18-21)16(24)20(9-10-22)11-12-5-3-2-4-6-12/h2-6,22-23H,7-11H2,1H3. The normalized spacial score (nSPS) is 13.7. The Kier molecular flexibility index (Phi) is 4.71. The minimum Gasteiger partial charge on any atom is -0.504 e. The predicted molar refractivity (Wildman–Crippen MR) is 89.1 cm³/mol. The predicted octanol–water partition coefficient (Wildman–Crippen LogP) is 0.309. The fourth-order valence-corrected chi connectivity index (χ4v) is 2.82. The summed E-state index contributed by atoms with van der Waals surface area (Å²) in [4.78, 5) is 27.9. The van der Waals surface area contributed by atoms with Gasteiger partial charge < -0.3 is 20.0 Å². The fraction of sp³-hybridized carbons (Fsp3) is 0.353. The van der Waals surface area contributed by atoms with Crippen molar-refractivity contribution in [1.82, 2.24) is 19.6 Å². The van der Waals surface area contributed by atoms with Gasteiger partial charge in [-0.15, -0.1) is 0 Å². The maximum atomic E-state index is 12.8. The van der Waals surface area contributed by atoms with Gasteiger partial charge in [-0.25, -0.2) is 0 Å². The lowest BCUT2D eigenvalue weighted by Crippen LogP contribution is -2.37. The van der Waals surface area contributed by atoms with Crippen molar-refractivity contribution in [1.29, 1.82) is 0 Å². The van der Waals surface area contributed by atoms with Crippen molar-refractivity contribution in [2.24, 2.45) is 0 Å². The SMILES string of the molecule is CN1CCn2nc(C(=O)N(CCO)Cc3ccccc3)c(O)c2C1=O. The van der Waals surface area contributed by atoms with Gasteiger partial charge in [0.05, 0.1) is 13.2 Å². The molecule has 0 saturated carbocycles. The van der Waals surface area contributed by atoms with Crippen LogP contribution in [-0.4, -0.2) is 68.4 Å². The number of amides is 2. The van der Waals surface area contributed by atoms with Crippen molar-refractivity contribution in [2.75, 3.05) is 26.7 Å². The van der Waals surface area contributed by atoms with Gasteiger partial charge in [-0.3, -0.25) is 14.3 Å². The van der Waals surface area contributed by atoms with E-state index in [2.05, 4.69) is 5.10 Å². The molecule has 0 radical (unpaired) electrons. The summed E-state index contributed by atoms with van der Waals surface area (Å²) in [7, 11) is 1.63. The average molecular weight is 344 g/mol. The van der Waals surface area contributed by atoms with Gasteiger partial charge in [0.2, 0.25) is 0 Å². The van der Waals surface area contributed by atoms with Crippen LogP contribution in [-0.2, 0) is 13.1 Å². The monoisotopic (exact) mass is 344 g/mol. The molecule has 1 aromatic carbocycles. The zero-order valence-corrected chi connectivity index (χ0v) is 13.9. The maximum absolute atomic E-state index is 12.8. The van der Waals surface area contributed by atoms with E-state index in [9.17, 15) is 19.8 Å². The van der Waals surface area contributed by atoms with E-state index in [1.54, 1.807) is 7.05 Å². The molecule has 0 saturated heterocycles. The van der Waals surface area contributed by atoms with Crippen LogP contribution in [0.1, 0.15) is 26.5 Å². The van der Waals surface area contributed by atoms with Gasteiger partial charge in [0.25, 0.3) is 11.8 Å². The van der Waals surface area contributed by atoms with Gasteiger partial charge in [-0.1, -0.05) is 30.3 Å². The van der Waals surface area contributed by atoms with Gasteiger partial charge in [0.15, 0.2) is 17.1 Å². The Balaban J connectivity index is 1.90. The lowest BCUT2D eigenvalue weighted by atomic mass is 10.2. The summed E-state index contributed by atoms with van der Waals surface area (Å²) in [5, 5.41) is 23.8. The Bertz CT molecular complexity index is 787. The first-order chi connectivity index (χ1) is 12.0. The summed E-state index contributed by atoms with van der Waals surface area (Å²) >= 11 is 0. The van der Waals surface area contributed by atoms with Gasteiger partial charge >= 0.3 is 0 Å². The summed E-state index contributed by atoms with van der Waals surface area (Å²) in [6.45, 7) is 1.04. The minimum absolute atomic E-state index is 0.0285. The van der Waals surface area contributed by atoms with Crippen molar-refractivity contribution in [2.45, 2.75) is 13.1 Å². The lowest BCUT2D eigenvalue weighted by Gasteiger charge is -2.22. The van der Waals surface area contributed by atoms with Crippen LogP contribution in [0.15, 0.2) is 30.3 Å². The number of carbonyl (C=O) groups excluding carboxylic acids is 2. The third kappa shape index (κ3) is 3.20. The van der Waals surface area contributed by atoms with E-state index in [4.69, 9.17) is 0 Å². The second kappa shape index (κ2) is 6.94. The molecular weight excluding hydrogens is 324 g/mol. The Labute approximate surface area is 144 Å². The number of benzene rings is 1. The van der Waals surface area contributed by atoms with Crippen molar-refractivity contribution in [3.8, 4) is 5.75 Å². The number of carbonyl (C=O) groups is 2. The van der Waals surface area contributed by atoms with Crippen LogP contribution < -0.4 is 0 Å². The molecule has 0 bridgehead atoms. The molecule has 0 unspecified atom stereocenters. The van der Waals surface area contributed by atoms with Crippen molar-refractivity contribution in [3.63, 3.8) is 0 Å². The van der Waals surface area contributed by atoms with Crippen LogP contribution in [0.2, 0.25) is 0 Å². The molecular formula is C17H20N4O4. The average Bonchev–Trinajstić information content (AvgIpc) is 2.95. The van der Waals surface area contributed by atoms with E-state index in [-0.39, 0.29) is 37.0 Å². The first-order valence-corrected chi connectivity index (χ1v) is 8.02. The molecule has 2 aromatic rings. The summed E-state index contributed by atoms with van der Waals surface area (Å²) in [6, 6.07) is 9.33. The van der Waals surface area contributed by atoms with Gasteiger partial charge in [-0.05, 0) is 5.56 Å². The fourth-order valence-electron chi connectivity index (χ4n) is 2.82.